The van der Waals surface area contributed by atoms with Crippen molar-refractivity contribution in [1.82, 2.24) is 14.9 Å². The molecular formula is C14H16ClF2N3O. The van der Waals surface area contributed by atoms with Crippen molar-refractivity contribution in [1.29, 1.82) is 0 Å². The van der Waals surface area contributed by atoms with Gasteiger partial charge < -0.3 is 14.6 Å². The van der Waals surface area contributed by atoms with Crippen LogP contribution in [0.2, 0.25) is 5.15 Å². The number of halogens is 3. The molecule has 0 saturated heterocycles. The highest BCUT2D eigenvalue weighted by Gasteiger charge is 2.14. The molecule has 2 rings (SSSR count). The molecule has 1 aromatic heterocycles. The molecular weight excluding hydrogens is 300 g/mol. The van der Waals surface area contributed by atoms with Gasteiger partial charge in [-0.05, 0) is 24.2 Å². The van der Waals surface area contributed by atoms with E-state index in [0.29, 0.717) is 23.1 Å². The molecule has 114 valence electrons. The van der Waals surface area contributed by atoms with Crippen molar-refractivity contribution >= 4 is 11.6 Å². The van der Waals surface area contributed by atoms with E-state index >= 15 is 0 Å². The van der Waals surface area contributed by atoms with Crippen molar-refractivity contribution in [3.63, 3.8) is 0 Å². The number of nitrogens with one attached hydrogen (secondary N) is 1. The van der Waals surface area contributed by atoms with Crippen LogP contribution in [0.25, 0.3) is 0 Å². The highest BCUT2D eigenvalue weighted by atomic mass is 35.5. The predicted octanol–water partition coefficient (Wildman–Crippen LogP) is 3.04. The van der Waals surface area contributed by atoms with Crippen molar-refractivity contribution in [2.45, 2.75) is 20.1 Å². The Kier molecular flexibility index (Phi) is 5.14. The lowest BCUT2D eigenvalue weighted by Gasteiger charge is -2.10. The van der Waals surface area contributed by atoms with Crippen LogP contribution in [0.15, 0.2) is 18.3 Å². The first-order valence-electron chi connectivity index (χ1n) is 6.50. The monoisotopic (exact) mass is 315 g/mol. The average Bonchev–Trinajstić information content (AvgIpc) is 2.76. The Morgan fingerprint density at radius 1 is 1.33 bits per heavy atom. The van der Waals surface area contributed by atoms with Crippen LogP contribution < -0.4 is 10.1 Å². The van der Waals surface area contributed by atoms with Crippen LogP contribution >= 0.6 is 11.6 Å². The van der Waals surface area contributed by atoms with Gasteiger partial charge in [-0.15, -0.1) is 0 Å². The van der Waals surface area contributed by atoms with Crippen molar-refractivity contribution < 1.29 is 13.5 Å². The van der Waals surface area contributed by atoms with Crippen LogP contribution in [0.5, 0.6) is 5.75 Å². The van der Waals surface area contributed by atoms with E-state index in [1.165, 1.54) is 18.3 Å². The maximum atomic E-state index is 13.9. The summed E-state index contributed by atoms with van der Waals surface area (Å²) < 4.78 is 34.6. The Morgan fingerprint density at radius 2 is 2.00 bits per heavy atom. The quantitative estimate of drug-likeness (QED) is 0.890. The van der Waals surface area contributed by atoms with Gasteiger partial charge >= 0.3 is 0 Å². The Bertz CT molecular complexity index is 608. The highest BCUT2D eigenvalue weighted by Crippen LogP contribution is 2.24. The normalized spacial score (nSPS) is 10.9. The molecule has 0 amide bonds. The zero-order valence-electron chi connectivity index (χ0n) is 11.8. The Balaban J connectivity index is 2.11. The Hall–Kier alpha value is -1.66. The van der Waals surface area contributed by atoms with E-state index in [1.807, 2.05) is 6.92 Å². The van der Waals surface area contributed by atoms with Crippen LogP contribution in [0.3, 0.4) is 0 Å². The molecule has 2 aromatic rings. The van der Waals surface area contributed by atoms with Gasteiger partial charge in [0.25, 0.3) is 0 Å². The average molecular weight is 316 g/mol. The molecule has 1 aromatic carbocycles. The van der Waals surface area contributed by atoms with Gasteiger partial charge in [-0.3, -0.25) is 0 Å². The number of imidazole rings is 1. The van der Waals surface area contributed by atoms with Crippen LogP contribution in [0, 0.1) is 11.6 Å². The van der Waals surface area contributed by atoms with Crippen LogP contribution in [-0.2, 0) is 20.2 Å². The lowest BCUT2D eigenvalue weighted by atomic mass is 10.2. The highest BCUT2D eigenvalue weighted by molar-refractivity contribution is 6.29. The molecule has 4 nitrogen and oxygen atoms in total. The number of benzene rings is 1. The number of hydrogen-bond donors (Lipinski definition) is 1. The first-order valence-corrected chi connectivity index (χ1v) is 6.88. The summed E-state index contributed by atoms with van der Waals surface area (Å²) in [6.07, 6.45) is 1.45. The van der Waals surface area contributed by atoms with Crippen LogP contribution in [0.4, 0.5) is 8.78 Å². The lowest BCUT2D eigenvalue weighted by molar-refractivity contribution is 0.262. The number of nitrogens with zero attached hydrogens (tertiary/aromatic N) is 2. The maximum Gasteiger partial charge on any atom is 0.191 e. The first-order chi connectivity index (χ1) is 10.0. The maximum absolute atomic E-state index is 13.9. The van der Waals surface area contributed by atoms with E-state index in [-0.39, 0.29) is 6.61 Å². The predicted molar refractivity (Wildman–Crippen MR) is 76.3 cm³/mol. The molecule has 0 aliphatic rings. The van der Waals surface area contributed by atoms with Gasteiger partial charge in [0, 0.05) is 13.6 Å². The summed E-state index contributed by atoms with van der Waals surface area (Å²) in [5.41, 5.74) is 0.527. The molecule has 0 unspecified atom stereocenters. The summed E-state index contributed by atoms with van der Waals surface area (Å²) in [5, 5.41) is 3.43. The minimum Gasteiger partial charge on any atom is -0.480 e. The second kappa shape index (κ2) is 6.87. The van der Waals surface area contributed by atoms with Crippen molar-refractivity contribution in [2.75, 3.05) is 6.54 Å². The minimum atomic E-state index is -0.733. The third-order valence-electron chi connectivity index (χ3n) is 3.01. The fourth-order valence-electron chi connectivity index (χ4n) is 1.82. The van der Waals surface area contributed by atoms with E-state index < -0.39 is 17.4 Å². The molecule has 0 bridgehead atoms. The zero-order chi connectivity index (χ0) is 15.4. The first kappa shape index (κ1) is 15.7. The summed E-state index contributed by atoms with van der Waals surface area (Å²) in [5.74, 6) is -1.39. The summed E-state index contributed by atoms with van der Waals surface area (Å²) in [7, 11) is 1.69. The van der Waals surface area contributed by atoms with Crippen LogP contribution in [-0.4, -0.2) is 16.1 Å². The zero-order valence-corrected chi connectivity index (χ0v) is 12.5. The molecule has 0 radical (unpaired) electrons. The molecule has 1 heterocycles. The van der Waals surface area contributed by atoms with E-state index in [9.17, 15) is 8.78 Å². The summed E-state index contributed by atoms with van der Waals surface area (Å²) >= 11 is 5.83. The fraction of sp³-hybridized carbons (Fsp3) is 0.357. The lowest BCUT2D eigenvalue weighted by Crippen LogP contribution is -2.12. The van der Waals surface area contributed by atoms with Gasteiger partial charge in [-0.25, -0.2) is 13.8 Å². The summed E-state index contributed by atoms with van der Waals surface area (Å²) in [4.78, 5) is 4.00. The number of ether oxygens (including phenoxy) is 1. The summed E-state index contributed by atoms with van der Waals surface area (Å²) in [6, 6.07) is 2.51. The number of aromatic nitrogens is 2. The van der Waals surface area contributed by atoms with E-state index in [0.717, 1.165) is 6.54 Å². The minimum absolute atomic E-state index is 0.0659. The Morgan fingerprint density at radius 3 is 2.52 bits per heavy atom. The second-order valence-corrected chi connectivity index (χ2v) is 4.90. The van der Waals surface area contributed by atoms with Gasteiger partial charge in [-0.2, -0.15) is 0 Å². The van der Waals surface area contributed by atoms with Crippen molar-refractivity contribution in [3.8, 4) is 5.75 Å². The molecule has 0 saturated carbocycles. The molecule has 7 heteroatoms. The molecule has 0 aliphatic heterocycles. The Labute approximate surface area is 126 Å². The summed E-state index contributed by atoms with van der Waals surface area (Å²) in [6.45, 7) is 2.98. The van der Waals surface area contributed by atoms with Gasteiger partial charge in [0.05, 0.1) is 6.20 Å². The third-order valence-corrected chi connectivity index (χ3v) is 3.36. The molecule has 1 N–H and O–H groups in total. The molecule has 21 heavy (non-hydrogen) atoms. The molecule has 0 fully saturated rings. The van der Waals surface area contributed by atoms with E-state index in [1.54, 1.807) is 11.6 Å². The largest absolute Gasteiger partial charge is 0.480 e. The number of rotatable bonds is 6. The molecule has 0 atom stereocenters. The fourth-order valence-corrected chi connectivity index (χ4v) is 1.96. The smallest absolute Gasteiger partial charge is 0.191 e. The topological polar surface area (TPSA) is 39.1 Å². The van der Waals surface area contributed by atoms with Crippen molar-refractivity contribution in [3.05, 3.63) is 46.5 Å². The standard InChI is InChI=1S/C14H16ClF2N3O/c1-3-18-6-9-4-10(16)14(11(17)5-9)21-8-13-19-7-12(15)20(13)2/h4-5,7,18H,3,6,8H2,1-2H3. The van der Waals surface area contributed by atoms with E-state index in [4.69, 9.17) is 16.3 Å². The van der Waals surface area contributed by atoms with E-state index in [2.05, 4.69) is 10.3 Å². The second-order valence-electron chi connectivity index (χ2n) is 4.51. The van der Waals surface area contributed by atoms with Crippen LogP contribution in [0.1, 0.15) is 18.3 Å². The van der Waals surface area contributed by atoms with Gasteiger partial charge in [0.1, 0.15) is 17.6 Å². The molecule has 0 aliphatic carbocycles. The third kappa shape index (κ3) is 3.71. The number of hydrogen-bond acceptors (Lipinski definition) is 3. The van der Waals surface area contributed by atoms with Gasteiger partial charge in [-0.1, -0.05) is 18.5 Å². The van der Waals surface area contributed by atoms with Gasteiger partial charge in [0.2, 0.25) is 0 Å². The molecule has 0 spiro atoms. The van der Waals surface area contributed by atoms with Gasteiger partial charge in [0.15, 0.2) is 17.4 Å². The van der Waals surface area contributed by atoms with Crippen molar-refractivity contribution in [2.24, 2.45) is 7.05 Å². The SMILES string of the molecule is CCNCc1cc(F)c(OCc2ncc(Cl)n2C)c(F)c1.